The van der Waals surface area contributed by atoms with Gasteiger partial charge in [0.1, 0.15) is 0 Å². The summed E-state index contributed by atoms with van der Waals surface area (Å²) in [6, 6.07) is 0.391. The van der Waals surface area contributed by atoms with E-state index in [4.69, 9.17) is 0 Å². The minimum Gasteiger partial charge on any atom is -0.354 e. The Balaban J connectivity index is 3.49. The van der Waals surface area contributed by atoms with E-state index < -0.39 is 0 Å². The molecule has 0 aromatic carbocycles. The number of rotatable bonds is 4. The van der Waals surface area contributed by atoms with Crippen LogP contribution in [0.3, 0.4) is 0 Å². The molecule has 0 radical (unpaired) electrons. The molecule has 2 heteroatoms. The molecule has 10 heavy (non-hydrogen) atoms. The maximum atomic E-state index is 10.6. The summed E-state index contributed by atoms with van der Waals surface area (Å²) >= 11 is 0. The zero-order valence-corrected chi connectivity index (χ0v) is 7.11. The second kappa shape index (κ2) is 5.27. The standard InChI is InChI=1S/C8H17NO/c1-4-6-8(5-2)9-7(3)10/h8H,4-6H2,1-3H3,(H,9,10)/t8-/m1/s1. The first kappa shape index (κ1) is 9.47. The van der Waals surface area contributed by atoms with Crippen LogP contribution in [0.4, 0.5) is 0 Å². The predicted octanol–water partition coefficient (Wildman–Crippen LogP) is 1.70. The monoisotopic (exact) mass is 143 g/mol. The number of nitrogens with one attached hydrogen (secondary N) is 1. The molecule has 1 atom stereocenters. The lowest BCUT2D eigenvalue weighted by Crippen LogP contribution is -2.32. The first-order chi connectivity index (χ1) is 4.70. The minimum atomic E-state index is 0.0836. The van der Waals surface area contributed by atoms with Crippen LogP contribution in [0.2, 0.25) is 0 Å². The molecule has 0 aromatic rings. The summed E-state index contributed by atoms with van der Waals surface area (Å²) in [6.07, 6.45) is 3.27. The molecule has 0 aliphatic rings. The zero-order chi connectivity index (χ0) is 7.98. The fourth-order valence-electron chi connectivity index (χ4n) is 1.01. The zero-order valence-electron chi connectivity index (χ0n) is 7.11. The van der Waals surface area contributed by atoms with Crippen molar-refractivity contribution in [3.05, 3.63) is 0 Å². The summed E-state index contributed by atoms with van der Waals surface area (Å²) < 4.78 is 0. The number of hydrogen-bond acceptors (Lipinski definition) is 1. The van der Waals surface area contributed by atoms with Crippen molar-refractivity contribution in [2.75, 3.05) is 0 Å². The largest absolute Gasteiger partial charge is 0.354 e. The lowest BCUT2D eigenvalue weighted by atomic mass is 10.1. The molecule has 2 nitrogen and oxygen atoms in total. The van der Waals surface area contributed by atoms with Crippen molar-refractivity contribution in [3.8, 4) is 0 Å². The maximum Gasteiger partial charge on any atom is 0.217 e. The number of carbonyl (C=O) groups is 1. The smallest absolute Gasteiger partial charge is 0.217 e. The molecule has 0 bridgehead atoms. The van der Waals surface area contributed by atoms with Gasteiger partial charge in [0.15, 0.2) is 0 Å². The van der Waals surface area contributed by atoms with Crippen molar-refractivity contribution in [3.63, 3.8) is 0 Å². The first-order valence-corrected chi connectivity index (χ1v) is 3.97. The molecule has 0 saturated heterocycles. The Morgan fingerprint density at radius 3 is 2.40 bits per heavy atom. The van der Waals surface area contributed by atoms with Crippen LogP contribution in [0.15, 0.2) is 0 Å². The average Bonchev–Trinajstić information content (AvgIpc) is 1.86. The summed E-state index contributed by atoms with van der Waals surface area (Å²) in [5.74, 6) is 0.0836. The second-order valence-electron chi connectivity index (χ2n) is 2.59. The second-order valence-corrected chi connectivity index (χ2v) is 2.59. The van der Waals surface area contributed by atoms with Crippen LogP contribution in [-0.2, 0) is 4.79 Å². The third-order valence-corrected chi connectivity index (χ3v) is 1.54. The topological polar surface area (TPSA) is 29.1 Å². The van der Waals surface area contributed by atoms with Crippen LogP contribution in [0.5, 0.6) is 0 Å². The van der Waals surface area contributed by atoms with Gasteiger partial charge in [-0.15, -0.1) is 0 Å². The van der Waals surface area contributed by atoms with E-state index in [2.05, 4.69) is 19.2 Å². The van der Waals surface area contributed by atoms with Gasteiger partial charge in [-0.2, -0.15) is 0 Å². The highest BCUT2D eigenvalue weighted by molar-refractivity contribution is 5.73. The van der Waals surface area contributed by atoms with Crippen molar-refractivity contribution in [1.29, 1.82) is 0 Å². The van der Waals surface area contributed by atoms with E-state index in [1.54, 1.807) is 6.92 Å². The predicted molar refractivity (Wildman–Crippen MR) is 42.8 cm³/mol. The molecule has 0 aliphatic carbocycles. The Morgan fingerprint density at radius 2 is 2.10 bits per heavy atom. The van der Waals surface area contributed by atoms with Crippen LogP contribution in [0, 0.1) is 0 Å². The van der Waals surface area contributed by atoms with Crippen molar-refractivity contribution < 1.29 is 4.79 Å². The summed E-state index contributed by atoms with van der Waals surface area (Å²) in [5, 5.41) is 2.89. The van der Waals surface area contributed by atoms with Crippen LogP contribution >= 0.6 is 0 Å². The lowest BCUT2D eigenvalue weighted by molar-refractivity contribution is -0.119. The molecular formula is C8H17NO. The Bertz CT molecular complexity index is 101. The molecule has 0 heterocycles. The third kappa shape index (κ3) is 4.36. The molecule has 0 rings (SSSR count). The van der Waals surface area contributed by atoms with Gasteiger partial charge in [0.25, 0.3) is 0 Å². The third-order valence-electron chi connectivity index (χ3n) is 1.54. The Morgan fingerprint density at radius 1 is 1.50 bits per heavy atom. The summed E-state index contributed by atoms with van der Waals surface area (Å²) in [6.45, 7) is 5.79. The van der Waals surface area contributed by atoms with Gasteiger partial charge in [0.05, 0.1) is 0 Å². The molecular weight excluding hydrogens is 126 g/mol. The highest BCUT2D eigenvalue weighted by Crippen LogP contribution is 1.99. The highest BCUT2D eigenvalue weighted by Gasteiger charge is 2.04. The average molecular weight is 143 g/mol. The van der Waals surface area contributed by atoms with Crippen LogP contribution in [0.1, 0.15) is 40.0 Å². The van der Waals surface area contributed by atoms with Crippen molar-refractivity contribution >= 4 is 5.91 Å². The van der Waals surface area contributed by atoms with Gasteiger partial charge in [-0.3, -0.25) is 4.79 Å². The maximum absolute atomic E-state index is 10.6. The quantitative estimate of drug-likeness (QED) is 0.637. The molecule has 0 fully saturated rings. The van der Waals surface area contributed by atoms with E-state index in [1.807, 2.05) is 0 Å². The van der Waals surface area contributed by atoms with E-state index in [0.717, 1.165) is 19.3 Å². The number of hydrogen-bond donors (Lipinski definition) is 1. The van der Waals surface area contributed by atoms with E-state index in [9.17, 15) is 4.79 Å². The van der Waals surface area contributed by atoms with Gasteiger partial charge in [-0.1, -0.05) is 20.3 Å². The Kier molecular flexibility index (Phi) is 4.99. The van der Waals surface area contributed by atoms with Crippen LogP contribution in [0.25, 0.3) is 0 Å². The first-order valence-electron chi connectivity index (χ1n) is 3.97. The number of carbonyl (C=O) groups excluding carboxylic acids is 1. The molecule has 1 amide bonds. The highest BCUT2D eigenvalue weighted by atomic mass is 16.1. The van der Waals surface area contributed by atoms with Gasteiger partial charge in [0.2, 0.25) is 5.91 Å². The molecule has 0 unspecified atom stereocenters. The van der Waals surface area contributed by atoms with Crippen LogP contribution < -0.4 is 5.32 Å². The van der Waals surface area contributed by atoms with E-state index in [1.165, 1.54) is 0 Å². The normalized spacial score (nSPS) is 12.7. The Labute approximate surface area is 63.0 Å². The number of amides is 1. The van der Waals surface area contributed by atoms with Crippen LogP contribution in [-0.4, -0.2) is 11.9 Å². The summed E-state index contributed by atoms with van der Waals surface area (Å²) in [7, 11) is 0. The molecule has 0 aliphatic heterocycles. The van der Waals surface area contributed by atoms with Crippen molar-refractivity contribution in [1.82, 2.24) is 5.32 Å². The molecule has 60 valence electrons. The molecule has 0 spiro atoms. The molecule has 0 aromatic heterocycles. The lowest BCUT2D eigenvalue weighted by Gasteiger charge is -2.13. The van der Waals surface area contributed by atoms with Gasteiger partial charge in [-0.25, -0.2) is 0 Å². The van der Waals surface area contributed by atoms with E-state index >= 15 is 0 Å². The van der Waals surface area contributed by atoms with Gasteiger partial charge in [0, 0.05) is 13.0 Å². The minimum absolute atomic E-state index is 0.0836. The Hall–Kier alpha value is -0.530. The van der Waals surface area contributed by atoms with E-state index in [0.29, 0.717) is 6.04 Å². The molecule has 0 saturated carbocycles. The summed E-state index contributed by atoms with van der Waals surface area (Å²) in [5.41, 5.74) is 0. The van der Waals surface area contributed by atoms with Gasteiger partial charge < -0.3 is 5.32 Å². The van der Waals surface area contributed by atoms with E-state index in [-0.39, 0.29) is 5.91 Å². The van der Waals surface area contributed by atoms with Gasteiger partial charge in [-0.05, 0) is 12.8 Å². The molecule has 1 N–H and O–H groups in total. The fourth-order valence-corrected chi connectivity index (χ4v) is 1.01. The summed E-state index contributed by atoms with van der Waals surface area (Å²) in [4.78, 5) is 10.6. The van der Waals surface area contributed by atoms with Crippen molar-refractivity contribution in [2.45, 2.75) is 46.1 Å². The van der Waals surface area contributed by atoms with Crippen molar-refractivity contribution in [2.24, 2.45) is 0 Å². The van der Waals surface area contributed by atoms with Gasteiger partial charge >= 0.3 is 0 Å². The fraction of sp³-hybridized carbons (Fsp3) is 0.875. The SMILES string of the molecule is CCC[C@@H](CC)NC(C)=O.